The van der Waals surface area contributed by atoms with Crippen LogP contribution in [0.4, 0.5) is 0 Å². The maximum atomic E-state index is 12.5. The zero-order valence-corrected chi connectivity index (χ0v) is 14.3. The van der Waals surface area contributed by atoms with Crippen LogP contribution in [0.15, 0.2) is 4.52 Å². The largest absolute Gasteiger partial charge is 0.344 e. The highest BCUT2D eigenvalue weighted by molar-refractivity contribution is 7.88. The van der Waals surface area contributed by atoms with Crippen LogP contribution in [-0.2, 0) is 21.2 Å². The summed E-state index contributed by atoms with van der Waals surface area (Å²) in [6.07, 6.45) is 5.14. The molecule has 1 aliphatic heterocycles. The van der Waals surface area contributed by atoms with E-state index in [-0.39, 0.29) is 5.91 Å². The van der Waals surface area contributed by atoms with Crippen LogP contribution in [0.1, 0.15) is 43.3 Å². The highest BCUT2D eigenvalue weighted by Crippen LogP contribution is 2.38. The van der Waals surface area contributed by atoms with E-state index in [9.17, 15) is 13.2 Å². The van der Waals surface area contributed by atoms with Gasteiger partial charge in [0.1, 0.15) is 6.04 Å². The summed E-state index contributed by atoms with van der Waals surface area (Å²) in [5, 5.41) is 3.93. The van der Waals surface area contributed by atoms with Crippen molar-refractivity contribution in [2.45, 2.75) is 44.1 Å². The molecule has 3 rings (SSSR count). The number of likely N-dealkylation sites (N-methyl/N-ethyl adjacent to an activating group) is 1. The molecule has 2 heterocycles. The zero-order chi connectivity index (χ0) is 16.6. The van der Waals surface area contributed by atoms with E-state index in [1.165, 1.54) is 4.31 Å². The highest BCUT2D eigenvalue weighted by Gasteiger charge is 2.37. The summed E-state index contributed by atoms with van der Waals surface area (Å²) in [7, 11) is -1.67. The molecule has 128 valence electrons. The third-order valence-electron chi connectivity index (χ3n) is 4.37. The summed E-state index contributed by atoms with van der Waals surface area (Å²) in [5.41, 5.74) is 0. The average Bonchev–Trinajstić information content (AvgIpc) is 3.03. The molecule has 1 aromatic heterocycles. The third-order valence-corrected chi connectivity index (χ3v) is 5.66. The molecule has 23 heavy (non-hydrogen) atoms. The number of sulfonamides is 1. The van der Waals surface area contributed by atoms with E-state index in [0.29, 0.717) is 50.0 Å². The van der Waals surface area contributed by atoms with Gasteiger partial charge in [-0.15, -0.1) is 0 Å². The Morgan fingerprint density at radius 2 is 2.13 bits per heavy atom. The van der Waals surface area contributed by atoms with Crippen molar-refractivity contribution < 1.29 is 17.7 Å². The standard InChI is InChI=1S/C14H22N4O4S/c1-17(9-7-12-15-13(22-16-12)10-5-6-10)14(19)11-4-3-8-18(11)23(2,20)21/h10-11H,3-9H2,1-2H3/t11-/m0/s1. The third kappa shape index (κ3) is 3.72. The lowest BCUT2D eigenvalue weighted by molar-refractivity contribution is -0.133. The minimum atomic E-state index is -3.35. The molecule has 1 aromatic rings. The Kier molecular flexibility index (Phi) is 4.41. The first-order valence-corrected chi connectivity index (χ1v) is 9.75. The fraction of sp³-hybridized carbons (Fsp3) is 0.786. The molecule has 0 radical (unpaired) electrons. The maximum absolute atomic E-state index is 12.5. The number of carbonyl (C=O) groups is 1. The lowest BCUT2D eigenvalue weighted by Gasteiger charge is -2.26. The number of aromatic nitrogens is 2. The van der Waals surface area contributed by atoms with Crippen LogP contribution in [0.5, 0.6) is 0 Å². The Morgan fingerprint density at radius 3 is 2.78 bits per heavy atom. The Hall–Kier alpha value is -1.48. The van der Waals surface area contributed by atoms with E-state index in [2.05, 4.69) is 10.1 Å². The molecule has 0 aromatic carbocycles. The molecule has 0 spiro atoms. The second-order valence-corrected chi connectivity index (χ2v) is 8.30. The zero-order valence-electron chi connectivity index (χ0n) is 13.4. The molecular formula is C14H22N4O4S. The fourth-order valence-corrected chi connectivity index (χ4v) is 4.00. The quantitative estimate of drug-likeness (QED) is 0.741. The van der Waals surface area contributed by atoms with Gasteiger partial charge in [0.25, 0.3) is 0 Å². The molecule has 9 heteroatoms. The summed E-state index contributed by atoms with van der Waals surface area (Å²) >= 11 is 0. The van der Waals surface area contributed by atoms with Crippen molar-refractivity contribution in [3.63, 3.8) is 0 Å². The highest BCUT2D eigenvalue weighted by atomic mass is 32.2. The molecule has 0 N–H and O–H groups in total. The number of carbonyl (C=O) groups excluding carboxylic acids is 1. The predicted molar refractivity (Wildman–Crippen MR) is 82.2 cm³/mol. The first-order valence-electron chi connectivity index (χ1n) is 7.90. The molecule has 2 aliphatic rings. The Labute approximate surface area is 135 Å². The van der Waals surface area contributed by atoms with Crippen molar-refractivity contribution in [2.24, 2.45) is 0 Å². The first-order chi connectivity index (χ1) is 10.9. The van der Waals surface area contributed by atoms with Gasteiger partial charge in [0.2, 0.25) is 21.8 Å². The van der Waals surface area contributed by atoms with Gasteiger partial charge in [-0.3, -0.25) is 4.79 Å². The minimum absolute atomic E-state index is 0.168. The van der Waals surface area contributed by atoms with Gasteiger partial charge < -0.3 is 9.42 Å². The van der Waals surface area contributed by atoms with Crippen molar-refractivity contribution in [1.29, 1.82) is 0 Å². The molecule has 8 nitrogen and oxygen atoms in total. The van der Waals surface area contributed by atoms with Gasteiger partial charge >= 0.3 is 0 Å². The molecule has 2 fully saturated rings. The van der Waals surface area contributed by atoms with Crippen molar-refractivity contribution in [2.75, 3.05) is 26.4 Å². The van der Waals surface area contributed by atoms with Gasteiger partial charge in [-0.1, -0.05) is 5.16 Å². The van der Waals surface area contributed by atoms with Crippen LogP contribution in [-0.4, -0.2) is 66.1 Å². The molecule has 0 bridgehead atoms. The Morgan fingerprint density at radius 1 is 1.39 bits per heavy atom. The van der Waals surface area contributed by atoms with Crippen LogP contribution in [0, 0.1) is 0 Å². The Balaban J connectivity index is 1.56. The first kappa shape index (κ1) is 16.4. The summed E-state index contributed by atoms with van der Waals surface area (Å²) in [4.78, 5) is 18.4. The van der Waals surface area contributed by atoms with Crippen molar-refractivity contribution in [3.8, 4) is 0 Å². The second kappa shape index (κ2) is 6.20. The van der Waals surface area contributed by atoms with E-state index in [1.807, 2.05) is 0 Å². The van der Waals surface area contributed by atoms with E-state index < -0.39 is 16.1 Å². The maximum Gasteiger partial charge on any atom is 0.240 e. The van der Waals surface area contributed by atoms with Crippen LogP contribution < -0.4 is 0 Å². The smallest absolute Gasteiger partial charge is 0.240 e. The second-order valence-electron chi connectivity index (χ2n) is 6.36. The minimum Gasteiger partial charge on any atom is -0.344 e. The molecule has 1 amide bonds. The SMILES string of the molecule is CN(CCc1noc(C2CC2)n1)C(=O)[C@@H]1CCCN1S(C)(=O)=O. The van der Waals surface area contributed by atoms with Gasteiger partial charge in [-0.2, -0.15) is 9.29 Å². The topological polar surface area (TPSA) is 96.6 Å². The molecule has 1 atom stereocenters. The number of hydrogen-bond donors (Lipinski definition) is 0. The summed E-state index contributed by atoms with van der Waals surface area (Å²) in [6.45, 7) is 0.856. The molecule has 1 saturated carbocycles. The molecule has 1 aliphatic carbocycles. The fourth-order valence-electron chi connectivity index (χ4n) is 2.88. The van der Waals surface area contributed by atoms with Crippen LogP contribution in [0.25, 0.3) is 0 Å². The van der Waals surface area contributed by atoms with Gasteiger partial charge in [0, 0.05) is 32.5 Å². The van der Waals surface area contributed by atoms with E-state index in [1.54, 1.807) is 11.9 Å². The van der Waals surface area contributed by atoms with Crippen LogP contribution >= 0.6 is 0 Å². The molecular weight excluding hydrogens is 320 g/mol. The Bertz CT molecular complexity index is 683. The lowest BCUT2D eigenvalue weighted by atomic mass is 10.2. The van der Waals surface area contributed by atoms with Crippen molar-refractivity contribution in [1.82, 2.24) is 19.3 Å². The van der Waals surface area contributed by atoms with Crippen molar-refractivity contribution in [3.05, 3.63) is 11.7 Å². The van der Waals surface area contributed by atoms with Crippen molar-refractivity contribution >= 4 is 15.9 Å². The van der Waals surface area contributed by atoms with E-state index >= 15 is 0 Å². The predicted octanol–water partition coefficient (Wildman–Crippen LogP) is 0.372. The average molecular weight is 342 g/mol. The van der Waals surface area contributed by atoms with Gasteiger partial charge in [-0.05, 0) is 25.7 Å². The number of rotatable bonds is 6. The van der Waals surface area contributed by atoms with Gasteiger partial charge in [-0.25, -0.2) is 8.42 Å². The normalized spacial score (nSPS) is 22.4. The number of nitrogens with zero attached hydrogens (tertiary/aromatic N) is 4. The van der Waals surface area contributed by atoms with E-state index in [4.69, 9.17) is 4.52 Å². The van der Waals surface area contributed by atoms with Crippen LogP contribution in [0.3, 0.4) is 0 Å². The monoisotopic (exact) mass is 342 g/mol. The van der Waals surface area contributed by atoms with Gasteiger partial charge in [0.05, 0.1) is 6.26 Å². The van der Waals surface area contributed by atoms with Crippen LogP contribution in [0.2, 0.25) is 0 Å². The van der Waals surface area contributed by atoms with E-state index in [0.717, 1.165) is 19.1 Å². The van der Waals surface area contributed by atoms with Gasteiger partial charge in [0.15, 0.2) is 5.82 Å². The molecule has 0 unspecified atom stereocenters. The molecule has 1 saturated heterocycles. The lowest BCUT2D eigenvalue weighted by Crippen LogP contribution is -2.46. The summed E-state index contributed by atoms with van der Waals surface area (Å²) in [6, 6.07) is -0.581. The summed E-state index contributed by atoms with van der Waals surface area (Å²) in [5.74, 6) is 1.53. The number of amides is 1. The number of hydrogen-bond acceptors (Lipinski definition) is 6. The summed E-state index contributed by atoms with van der Waals surface area (Å²) < 4.78 is 30.0.